The van der Waals surface area contributed by atoms with Crippen molar-refractivity contribution < 1.29 is 138 Å². The number of hydrogen-bond acceptors (Lipinski definition) is 30. The summed E-state index contributed by atoms with van der Waals surface area (Å²) in [6.07, 6.45) is 0. The predicted octanol–water partition coefficient (Wildman–Crippen LogP) is -5.34. The molecule has 402 valence electrons. The largest absolute Gasteiger partial charge is 3.00 e. The van der Waals surface area contributed by atoms with E-state index in [9.17, 15) is 58.5 Å². The van der Waals surface area contributed by atoms with Gasteiger partial charge in [0.15, 0.2) is 17.3 Å². The van der Waals surface area contributed by atoms with Crippen molar-refractivity contribution in [2.75, 3.05) is 85.3 Å². The molecule has 0 saturated carbocycles. The van der Waals surface area contributed by atoms with E-state index in [4.69, 9.17) is 79.7 Å². The van der Waals surface area contributed by atoms with Crippen LogP contribution in [0.4, 0.5) is 0 Å². The Hall–Kier alpha value is -2.46. The van der Waals surface area contributed by atoms with Gasteiger partial charge in [-0.1, -0.05) is 0 Å². The fourth-order valence-corrected chi connectivity index (χ4v) is 11.3. The molecule has 0 aromatic rings. The Morgan fingerprint density at radius 1 is 0.286 bits per heavy atom. The molecule has 37 heteroatoms. The maximum atomic E-state index is 12.1. The number of hydrogen-bond donors (Lipinski definition) is 0. The van der Waals surface area contributed by atoms with Gasteiger partial charge >= 0.3 is 70.2 Å². The van der Waals surface area contributed by atoms with Gasteiger partial charge in [0.25, 0.3) is 17.4 Å². The van der Waals surface area contributed by atoms with E-state index < -0.39 is 123 Å². The van der Waals surface area contributed by atoms with Crippen LogP contribution in [0.2, 0.25) is 39.3 Å². The molecule has 0 aliphatic carbocycles. The maximum absolute atomic E-state index is 12.1. The first-order valence-electron chi connectivity index (χ1n) is 19.0. The number of rotatable bonds is 33. The van der Waals surface area contributed by atoms with Crippen molar-refractivity contribution in [3.8, 4) is 0 Å². The summed E-state index contributed by atoms with van der Waals surface area (Å²) in [6.45, 7) is 10.8. The maximum Gasteiger partial charge on any atom is 3.00 e. The van der Waals surface area contributed by atoms with Crippen molar-refractivity contribution in [3.63, 3.8) is 0 Å². The third-order valence-corrected chi connectivity index (χ3v) is 22.1. The van der Waals surface area contributed by atoms with Gasteiger partial charge in [0.2, 0.25) is 17.3 Å². The smallest absolute Gasteiger partial charge is 0.542 e. The van der Waals surface area contributed by atoms with Crippen LogP contribution in [0.5, 0.6) is 0 Å². The molecule has 70 heavy (non-hydrogen) atoms. The van der Waals surface area contributed by atoms with E-state index in [-0.39, 0.29) is 17.4 Å². The zero-order valence-corrected chi connectivity index (χ0v) is 50.0. The number of Topliss-reactive ketones (excluding diaryl/α,β-unsaturated/α-hetero) is 6. The molecule has 0 rings (SSSR count). The molecular formula is C33H63AlO30Si6. The van der Waals surface area contributed by atoms with Gasteiger partial charge in [0.1, 0.15) is 17.9 Å². The predicted molar refractivity (Wildman–Crippen MR) is 236 cm³/mol. The average molecular weight is 1140 g/mol. The summed E-state index contributed by atoms with van der Waals surface area (Å²) in [4.78, 5) is 106. The summed E-state index contributed by atoms with van der Waals surface area (Å²) in [5.41, 5.74) is 0. The summed E-state index contributed by atoms with van der Waals surface area (Å²) in [5.74, 6) is -23.5. The summed E-state index contributed by atoms with van der Waals surface area (Å²) in [6, 6.07) is 0. The summed E-state index contributed by atoms with van der Waals surface area (Å²) >= 11 is 0. The van der Waals surface area contributed by atoms with E-state index >= 15 is 0 Å². The molecule has 0 heterocycles. The van der Waals surface area contributed by atoms with Crippen LogP contribution in [0.25, 0.3) is 0 Å². The monoisotopic (exact) mass is 1130 g/mol. The van der Waals surface area contributed by atoms with Crippen LogP contribution in [0.1, 0.15) is 20.8 Å². The number of carboxylic acid groups (broad SMARTS) is 3. The summed E-state index contributed by atoms with van der Waals surface area (Å²) < 4.78 is 92.4. The minimum Gasteiger partial charge on any atom is -0.542 e. The van der Waals surface area contributed by atoms with Gasteiger partial charge in [0.05, 0.1) is 0 Å². The fourth-order valence-electron chi connectivity index (χ4n) is 4.22. The Morgan fingerprint density at radius 3 is 0.443 bits per heavy atom. The van der Waals surface area contributed by atoms with Crippen LogP contribution in [0.3, 0.4) is 0 Å². The van der Waals surface area contributed by atoms with Crippen molar-refractivity contribution in [2.24, 2.45) is 0 Å². The molecule has 0 aliphatic heterocycles. The number of carbonyl (C=O) groups excluding carboxylic acids is 9. The Balaban J connectivity index is -0.000000463. The van der Waals surface area contributed by atoms with Crippen LogP contribution in [-0.2, 0) is 123 Å². The van der Waals surface area contributed by atoms with Crippen molar-refractivity contribution >= 4 is 123 Å². The van der Waals surface area contributed by atoms with E-state index in [1.165, 1.54) is 125 Å². The molecule has 0 radical (unpaired) electrons. The van der Waals surface area contributed by atoms with Crippen LogP contribution >= 0.6 is 0 Å². The van der Waals surface area contributed by atoms with Crippen molar-refractivity contribution in [3.05, 3.63) is 0 Å². The molecular weight excluding hydrogens is 1070 g/mol. The third-order valence-electron chi connectivity index (χ3n) is 9.27. The van der Waals surface area contributed by atoms with E-state index in [2.05, 4.69) is 0 Å². The Morgan fingerprint density at radius 2 is 0.386 bits per heavy atom. The molecule has 0 unspecified atom stereocenters. The molecule has 0 aromatic heterocycles. The molecule has 30 nitrogen and oxygen atoms in total. The second-order valence-electron chi connectivity index (χ2n) is 13.6. The van der Waals surface area contributed by atoms with Crippen LogP contribution in [-0.4, -0.2) is 225 Å². The quantitative estimate of drug-likeness (QED) is 0.0256. The molecule has 0 spiro atoms. The average Bonchev–Trinajstić information content (AvgIpc) is 3.32. The Kier molecular flexibility index (Phi) is 32.5. The first-order chi connectivity index (χ1) is 31.4. The van der Waals surface area contributed by atoms with Gasteiger partial charge in [-0.3, -0.25) is 28.8 Å². The summed E-state index contributed by atoms with van der Waals surface area (Å²) in [5, 5.41) is 33.2. The number of ketones is 6. The molecule has 0 bridgehead atoms. The van der Waals surface area contributed by atoms with E-state index in [1.54, 1.807) is 0 Å². The molecule has 0 atom stereocenters. The van der Waals surface area contributed by atoms with Gasteiger partial charge in [-0.15, -0.1) is 0 Å². The standard InChI is InChI=1S/3C11H22O10Si2.Al/c3*1-8(12)11(9(13)10(14)15,20-22(6,16-2)17-3)21-23(7,18-4)19-5;/h3*1-7H3,(H,14,15);/q;;;+3/p-3. The number of carbonyl (C=O) groups is 9. The SMILES string of the molecule is CO[Si](C)(OC)OC(O[Si](C)(OC)OC)(C(C)=O)C(=O)C(=O)[O-].CO[Si](C)(OC)OC(O[Si](C)(OC)OC)(C(C)=O)C(=O)C(=O)[O-].CO[Si](C)(OC)OC(O[Si](C)(OC)OC)(C(C)=O)C(=O)C(=O)[O-].[Al+3]. The van der Waals surface area contributed by atoms with Crippen LogP contribution < -0.4 is 15.3 Å². The normalized spacial score (nSPS) is 12.8. The second kappa shape index (κ2) is 30.7. The van der Waals surface area contributed by atoms with Crippen molar-refractivity contribution in [1.29, 1.82) is 0 Å². The number of carboxylic acids is 3. The topological polar surface area (TPSA) is 389 Å². The van der Waals surface area contributed by atoms with Gasteiger partial charge in [-0.25, -0.2) is 0 Å². The van der Waals surface area contributed by atoms with E-state index in [0.717, 1.165) is 20.8 Å². The van der Waals surface area contributed by atoms with Crippen molar-refractivity contribution in [1.82, 2.24) is 0 Å². The molecule has 0 aliphatic rings. The Bertz CT molecular complexity index is 1520. The Labute approximate surface area is 422 Å². The molecule has 0 fully saturated rings. The van der Waals surface area contributed by atoms with Gasteiger partial charge in [-0.05, 0) is 0 Å². The zero-order valence-electron chi connectivity index (χ0n) is 42.8. The van der Waals surface area contributed by atoms with E-state index in [0.29, 0.717) is 0 Å². The summed E-state index contributed by atoms with van der Waals surface area (Å²) in [7, 11) is -6.87. The third kappa shape index (κ3) is 19.8. The molecule has 0 saturated heterocycles. The van der Waals surface area contributed by atoms with Gasteiger partial charge in [-0.2, -0.15) is 0 Å². The van der Waals surface area contributed by atoms with Gasteiger partial charge < -0.3 is 109 Å². The minimum absolute atomic E-state index is 0. The zero-order chi connectivity index (χ0) is 55.4. The first kappa shape index (κ1) is 74.1. The van der Waals surface area contributed by atoms with Crippen molar-refractivity contribution in [2.45, 2.75) is 77.4 Å². The van der Waals surface area contributed by atoms with Gasteiger partial charge in [0, 0.05) is 145 Å². The van der Waals surface area contributed by atoms with Crippen LogP contribution in [0, 0.1) is 0 Å². The molecule has 0 N–H and O–H groups in total. The molecule has 0 amide bonds. The molecule has 0 aromatic carbocycles. The van der Waals surface area contributed by atoms with Crippen LogP contribution in [0.15, 0.2) is 0 Å². The fraction of sp³-hybridized carbons (Fsp3) is 0.727. The number of aliphatic carboxylic acids is 3. The second-order valence-corrected chi connectivity index (χ2v) is 30.1. The first-order valence-corrected chi connectivity index (χ1v) is 32.3. The minimum atomic E-state index is -3.58. The van der Waals surface area contributed by atoms with E-state index in [1.807, 2.05) is 0 Å².